The van der Waals surface area contributed by atoms with Crippen LogP contribution in [0.3, 0.4) is 0 Å². The normalized spacial score (nSPS) is 18.2. The van der Waals surface area contributed by atoms with Crippen molar-refractivity contribution in [1.82, 2.24) is 5.32 Å². The number of rotatable bonds is 3. The second-order valence-corrected chi connectivity index (χ2v) is 9.12. The Bertz CT molecular complexity index is 1330. The lowest BCUT2D eigenvalue weighted by molar-refractivity contribution is -0.120. The molecule has 0 aliphatic carbocycles. The molecule has 3 aromatic rings. The molecule has 1 N–H and O–H groups in total. The summed E-state index contributed by atoms with van der Waals surface area (Å²) in [5.74, 6) is -0.615. The van der Waals surface area contributed by atoms with Gasteiger partial charge in [-0.2, -0.15) is 0 Å². The Morgan fingerprint density at radius 3 is 2.64 bits per heavy atom. The fourth-order valence-electron chi connectivity index (χ4n) is 3.76. The number of sulfone groups is 1. The highest BCUT2D eigenvalue weighted by molar-refractivity contribution is 7.94. The first-order valence-electron chi connectivity index (χ1n) is 8.80. The van der Waals surface area contributed by atoms with Crippen molar-refractivity contribution in [1.29, 1.82) is 0 Å². The average Bonchev–Trinajstić information content (AvgIpc) is 3.14. The molecule has 146 valence electrons. The molecular weight excluding hydrogens is 382 g/mol. The number of amides is 1. The third kappa shape index (κ3) is 3.03. The van der Waals surface area contributed by atoms with Crippen molar-refractivity contribution in [2.45, 2.75) is 33.2 Å². The molecular formula is C20H19NO6S. The molecule has 1 aromatic carbocycles. The Balaban J connectivity index is 1.74. The molecule has 1 amide bonds. The van der Waals surface area contributed by atoms with Crippen molar-refractivity contribution in [3.05, 3.63) is 56.5 Å². The SMILES string of the molecule is Cc1coc2c1c(C)cc1oc(=O)c(CC(=O)N[C@H]3C=CS(=O)(=O)C3)c(C)c12. The minimum Gasteiger partial charge on any atom is -0.463 e. The van der Waals surface area contributed by atoms with Crippen molar-refractivity contribution in [3.8, 4) is 0 Å². The number of aryl methyl sites for hydroxylation is 3. The second-order valence-electron chi connectivity index (χ2n) is 7.19. The number of furan rings is 1. The van der Waals surface area contributed by atoms with E-state index in [1.807, 2.05) is 13.8 Å². The summed E-state index contributed by atoms with van der Waals surface area (Å²) in [5.41, 5.74) is 3.22. The zero-order valence-electron chi connectivity index (χ0n) is 15.7. The lowest BCUT2D eigenvalue weighted by Gasteiger charge is -2.12. The van der Waals surface area contributed by atoms with E-state index in [1.165, 1.54) is 6.08 Å². The van der Waals surface area contributed by atoms with Crippen LogP contribution >= 0.6 is 0 Å². The number of carbonyl (C=O) groups excluding carboxylic acids is 1. The predicted molar refractivity (Wildman–Crippen MR) is 105 cm³/mol. The van der Waals surface area contributed by atoms with Crippen LogP contribution < -0.4 is 10.9 Å². The largest absolute Gasteiger partial charge is 0.463 e. The van der Waals surface area contributed by atoms with Crippen molar-refractivity contribution in [3.63, 3.8) is 0 Å². The molecule has 28 heavy (non-hydrogen) atoms. The number of nitrogens with one attached hydrogen (secondary N) is 1. The van der Waals surface area contributed by atoms with Gasteiger partial charge in [0, 0.05) is 10.8 Å². The van der Waals surface area contributed by atoms with Gasteiger partial charge in [0.15, 0.2) is 9.84 Å². The molecule has 3 heterocycles. The maximum atomic E-state index is 12.5. The van der Waals surface area contributed by atoms with Crippen LogP contribution in [-0.4, -0.2) is 26.1 Å². The summed E-state index contributed by atoms with van der Waals surface area (Å²) in [6.07, 6.45) is 2.88. The molecule has 2 aromatic heterocycles. The van der Waals surface area contributed by atoms with Crippen molar-refractivity contribution < 1.29 is 22.0 Å². The average molecular weight is 401 g/mol. The van der Waals surface area contributed by atoms with Gasteiger partial charge in [-0.1, -0.05) is 0 Å². The molecule has 1 atom stereocenters. The van der Waals surface area contributed by atoms with Gasteiger partial charge < -0.3 is 14.2 Å². The van der Waals surface area contributed by atoms with Gasteiger partial charge in [-0.05, 0) is 49.6 Å². The number of hydrogen-bond donors (Lipinski definition) is 1. The standard InChI is InChI=1S/C20H19NO6S/c1-10-6-15-18(19-17(10)11(2)8-26-19)12(3)14(20(23)27-15)7-16(22)21-13-4-5-28(24,25)9-13/h4-6,8,13H,7,9H2,1-3H3,(H,21,22)/t13-/m0/s1. The highest BCUT2D eigenvalue weighted by atomic mass is 32.2. The van der Waals surface area contributed by atoms with Crippen LogP contribution in [-0.2, 0) is 21.1 Å². The molecule has 0 radical (unpaired) electrons. The van der Waals surface area contributed by atoms with Gasteiger partial charge in [0.2, 0.25) is 5.91 Å². The van der Waals surface area contributed by atoms with Crippen LogP contribution in [0.1, 0.15) is 22.3 Å². The molecule has 1 aliphatic heterocycles. The van der Waals surface area contributed by atoms with Gasteiger partial charge >= 0.3 is 5.63 Å². The van der Waals surface area contributed by atoms with E-state index in [-0.39, 0.29) is 17.7 Å². The summed E-state index contributed by atoms with van der Waals surface area (Å²) >= 11 is 0. The third-order valence-electron chi connectivity index (χ3n) is 5.08. The minimum absolute atomic E-state index is 0.171. The van der Waals surface area contributed by atoms with E-state index in [0.29, 0.717) is 22.1 Å². The maximum absolute atomic E-state index is 12.5. The van der Waals surface area contributed by atoms with Gasteiger partial charge in [-0.25, -0.2) is 13.2 Å². The number of carbonyl (C=O) groups is 1. The Kier molecular flexibility index (Phi) is 4.19. The van der Waals surface area contributed by atoms with Crippen molar-refractivity contribution in [2.75, 3.05) is 5.75 Å². The van der Waals surface area contributed by atoms with E-state index in [0.717, 1.165) is 21.9 Å². The summed E-state index contributed by atoms with van der Waals surface area (Å²) in [5, 5.41) is 5.34. The lowest BCUT2D eigenvalue weighted by atomic mass is 9.98. The molecule has 0 saturated carbocycles. The van der Waals surface area contributed by atoms with Crippen LogP contribution in [0, 0.1) is 20.8 Å². The monoisotopic (exact) mass is 401 g/mol. The molecule has 8 heteroatoms. The molecule has 1 aliphatic rings. The van der Waals surface area contributed by atoms with Crippen LogP contribution in [0.25, 0.3) is 21.9 Å². The van der Waals surface area contributed by atoms with E-state index in [9.17, 15) is 18.0 Å². The van der Waals surface area contributed by atoms with E-state index >= 15 is 0 Å². The summed E-state index contributed by atoms with van der Waals surface area (Å²) in [6, 6.07) is 1.21. The van der Waals surface area contributed by atoms with Crippen LogP contribution in [0.5, 0.6) is 0 Å². The molecule has 0 unspecified atom stereocenters. The Morgan fingerprint density at radius 1 is 1.21 bits per heavy atom. The first-order chi connectivity index (χ1) is 13.2. The number of hydrogen-bond acceptors (Lipinski definition) is 6. The fourth-order valence-corrected chi connectivity index (χ4v) is 5.00. The summed E-state index contributed by atoms with van der Waals surface area (Å²) in [4.78, 5) is 24.9. The van der Waals surface area contributed by atoms with Gasteiger partial charge in [0.1, 0.15) is 11.2 Å². The molecule has 0 saturated heterocycles. The quantitative estimate of drug-likeness (QED) is 0.676. The minimum atomic E-state index is -3.27. The van der Waals surface area contributed by atoms with E-state index < -0.39 is 27.4 Å². The third-order valence-corrected chi connectivity index (χ3v) is 6.48. The summed E-state index contributed by atoms with van der Waals surface area (Å²) in [6.45, 7) is 5.62. The Labute approximate surface area is 160 Å². The Hall–Kier alpha value is -2.87. The van der Waals surface area contributed by atoms with Gasteiger partial charge in [-0.15, -0.1) is 0 Å². The van der Waals surface area contributed by atoms with Crippen molar-refractivity contribution >= 4 is 37.7 Å². The molecule has 0 spiro atoms. The molecule has 4 rings (SSSR count). The van der Waals surface area contributed by atoms with E-state index in [2.05, 4.69) is 5.32 Å². The smallest absolute Gasteiger partial charge is 0.340 e. The van der Waals surface area contributed by atoms with Crippen LogP contribution in [0.15, 0.2) is 37.4 Å². The number of fused-ring (bicyclic) bond motifs is 3. The highest BCUT2D eigenvalue weighted by Crippen LogP contribution is 2.34. The lowest BCUT2D eigenvalue weighted by Crippen LogP contribution is -2.37. The zero-order chi connectivity index (χ0) is 20.2. The van der Waals surface area contributed by atoms with E-state index in [1.54, 1.807) is 19.3 Å². The Morgan fingerprint density at radius 2 is 1.96 bits per heavy atom. The fraction of sp³-hybridized carbons (Fsp3) is 0.300. The summed E-state index contributed by atoms with van der Waals surface area (Å²) in [7, 11) is -3.27. The van der Waals surface area contributed by atoms with Gasteiger partial charge in [0.05, 0.1) is 35.4 Å². The number of benzene rings is 1. The van der Waals surface area contributed by atoms with Crippen LogP contribution in [0.4, 0.5) is 0 Å². The van der Waals surface area contributed by atoms with Gasteiger partial charge in [-0.3, -0.25) is 4.79 Å². The van der Waals surface area contributed by atoms with Gasteiger partial charge in [0.25, 0.3) is 0 Å². The molecule has 0 fully saturated rings. The zero-order valence-corrected chi connectivity index (χ0v) is 16.5. The molecule has 0 bridgehead atoms. The summed E-state index contributed by atoms with van der Waals surface area (Å²) < 4.78 is 34.1. The molecule has 7 nitrogen and oxygen atoms in total. The maximum Gasteiger partial charge on any atom is 0.340 e. The predicted octanol–water partition coefficient (Wildman–Crippen LogP) is 2.43. The first-order valence-corrected chi connectivity index (χ1v) is 10.5. The van der Waals surface area contributed by atoms with Crippen molar-refractivity contribution in [2.24, 2.45) is 0 Å². The second kappa shape index (κ2) is 6.34. The topological polar surface area (TPSA) is 107 Å². The first kappa shape index (κ1) is 18.5. The van der Waals surface area contributed by atoms with Crippen LogP contribution in [0.2, 0.25) is 0 Å². The highest BCUT2D eigenvalue weighted by Gasteiger charge is 2.25. The van der Waals surface area contributed by atoms with E-state index in [4.69, 9.17) is 8.83 Å².